The molecular weight excluding hydrogens is 320 g/mol. The molecule has 0 bridgehead atoms. The first-order valence-electron chi connectivity index (χ1n) is 9.79. The van der Waals surface area contributed by atoms with Crippen molar-refractivity contribution >= 4 is 9.53 Å². The Balaban J connectivity index is 4.28. The van der Waals surface area contributed by atoms with Crippen LogP contribution < -0.4 is 0 Å². The Morgan fingerprint density at radius 3 is 1.83 bits per heavy atom. The molecule has 0 aromatic heterocycles. The highest BCUT2D eigenvalue weighted by Gasteiger charge is 2.17. The quantitative estimate of drug-likeness (QED) is 0.372. The van der Waals surface area contributed by atoms with Crippen molar-refractivity contribution in [2.45, 2.75) is 53.4 Å². The molecule has 0 rings (SSSR count). The summed E-state index contributed by atoms with van der Waals surface area (Å²) in [5.41, 5.74) is 0. The number of hydrogen-bond donors (Lipinski definition) is 0. The molecule has 0 aliphatic rings. The Labute approximate surface area is 152 Å². The fraction of sp³-hybridized carbons (Fsp3) is 1.00. The Kier molecular flexibility index (Phi) is 16.5. The number of hydrogen-bond acceptors (Lipinski definition) is 5. The van der Waals surface area contributed by atoms with E-state index in [2.05, 4.69) is 37.7 Å². The molecule has 1 atom stereocenters. The average Bonchev–Trinajstić information content (AvgIpc) is 2.52. The van der Waals surface area contributed by atoms with Gasteiger partial charge in [-0.2, -0.15) is 0 Å². The van der Waals surface area contributed by atoms with Gasteiger partial charge in [-0.15, -0.1) is 0 Å². The van der Waals surface area contributed by atoms with Crippen LogP contribution in [0.25, 0.3) is 0 Å². The van der Waals surface area contributed by atoms with Gasteiger partial charge in [0.1, 0.15) is 0 Å². The van der Waals surface area contributed by atoms with Gasteiger partial charge < -0.3 is 23.1 Å². The van der Waals surface area contributed by atoms with Crippen molar-refractivity contribution in [3.05, 3.63) is 0 Å². The highest BCUT2D eigenvalue weighted by atomic mass is 28.3. The predicted octanol–water partition coefficient (Wildman–Crippen LogP) is 2.87. The van der Waals surface area contributed by atoms with Crippen molar-refractivity contribution in [2.24, 2.45) is 5.92 Å². The molecule has 0 heterocycles. The molecular formula is C18H42N2O3Si. The van der Waals surface area contributed by atoms with E-state index in [1.165, 1.54) is 38.9 Å². The van der Waals surface area contributed by atoms with Crippen LogP contribution in [-0.4, -0.2) is 79.4 Å². The zero-order valence-corrected chi connectivity index (χ0v) is 18.2. The molecule has 0 saturated carbocycles. The van der Waals surface area contributed by atoms with Gasteiger partial charge in [-0.3, -0.25) is 0 Å². The van der Waals surface area contributed by atoms with Crippen LogP contribution in [0.1, 0.15) is 53.4 Å². The second kappa shape index (κ2) is 16.5. The summed E-state index contributed by atoms with van der Waals surface area (Å²) in [4.78, 5) is 4.89. The van der Waals surface area contributed by atoms with Gasteiger partial charge in [0.05, 0.1) is 0 Å². The molecule has 24 heavy (non-hydrogen) atoms. The summed E-state index contributed by atoms with van der Waals surface area (Å²) in [5.74, 6) is 0.661. The van der Waals surface area contributed by atoms with Crippen molar-refractivity contribution < 1.29 is 13.3 Å². The van der Waals surface area contributed by atoms with Crippen molar-refractivity contribution in [3.8, 4) is 0 Å². The average molecular weight is 363 g/mol. The van der Waals surface area contributed by atoms with Gasteiger partial charge in [0.2, 0.25) is 0 Å². The Bertz CT molecular complexity index is 259. The van der Waals surface area contributed by atoms with Gasteiger partial charge in [-0.1, -0.05) is 13.8 Å². The molecule has 0 N–H and O–H groups in total. The highest BCUT2D eigenvalue weighted by molar-refractivity contribution is 6.36. The van der Waals surface area contributed by atoms with Crippen molar-refractivity contribution in [1.29, 1.82) is 0 Å². The van der Waals surface area contributed by atoms with E-state index < -0.39 is 9.53 Å². The summed E-state index contributed by atoms with van der Waals surface area (Å²) >= 11 is 0. The van der Waals surface area contributed by atoms with Crippen LogP contribution in [-0.2, 0) is 13.3 Å². The number of nitrogens with zero attached hydrogens (tertiary/aromatic N) is 2. The zero-order valence-electron chi connectivity index (χ0n) is 17.1. The lowest BCUT2D eigenvalue weighted by molar-refractivity contribution is 0.0931. The molecule has 0 aromatic rings. The second-order valence-electron chi connectivity index (χ2n) is 6.62. The highest BCUT2D eigenvalue weighted by Crippen LogP contribution is 2.12. The zero-order chi connectivity index (χ0) is 18.2. The second-order valence-corrected chi connectivity index (χ2v) is 8.19. The maximum absolute atomic E-state index is 5.90. The fourth-order valence-electron chi connectivity index (χ4n) is 2.92. The van der Waals surface area contributed by atoms with E-state index in [4.69, 9.17) is 13.3 Å². The number of rotatable bonds is 17. The molecule has 0 aromatic carbocycles. The molecule has 1 unspecified atom stereocenters. The summed E-state index contributed by atoms with van der Waals surface area (Å²) in [6.45, 7) is 15.3. The molecule has 0 radical (unpaired) electrons. The molecule has 0 aliphatic carbocycles. The van der Waals surface area contributed by atoms with Crippen LogP contribution in [0, 0.1) is 5.92 Å². The van der Waals surface area contributed by atoms with Crippen molar-refractivity contribution in [3.63, 3.8) is 0 Å². The minimum atomic E-state index is -1.91. The minimum absolute atomic E-state index is 0.661. The largest absolute Gasteiger partial charge is 0.484 e. The lowest BCUT2D eigenvalue weighted by Gasteiger charge is -2.26. The Morgan fingerprint density at radius 1 is 0.792 bits per heavy atom. The van der Waals surface area contributed by atoms with E-state index in [1.807, 2.05) is 13.8 Å². The summed E-state index contributed by atoms with van der Waals surface area (Å²) in [7, 11) is 2.39. The molecule has 0 spiro atoms. The summed E-state index contributed by atoms with van der Waals surface area (Å²) in [5, 5.41) is 0. The van der Waals surface area contributed by atoms with Gasteiger partial charge in [0.15, 0.2) is 0 Å². The van der Waals surface area contributed by atoms with Gasteiger partial charge >= 0.3 is 9.53 Å². The molecule has 146 valence electrons. The van der Waals surface area contributed by atoms with Crippen molar-refractivity contribution in [1.82, 2.24) is 9.80 Å². The van der Waals surface area contributed by atoms with Crippen LogP contribution in [0.5, 0.6) is 0 Å². The van der Waals surface area contributed by atoms with E-state index in [0.29, 0.717) is 19.1 Å². The molecule has 5 nitrogen and oxygen atoms in total. The molecule has 0 fully saturated rings. The summed E-state index contributed by atoms with van der Waals surface area (Å²) < 4.78 is 17.1. The Morgan fingerprint density at radius 2 is 1.38 bits per heavy atom. The maximum atomic E-state index is 5.90. The Hall–Kier alpha value is 0.0169. The van der Waals surface area contributed by atoms with E-state index >= 15 is 0 Å². The third kappa shape index (κ3) is 13.3. The summed E-state index contributed by atoms with van der Waals surface area (Å²) in [6.07, 6.45) is 4.78. The standard InChI is InChI=1S/C18H42N2O3Si/c1-7-13-20(14-8-2)15-11-18(17-19(5)6)12-16-23-24(21-9-3)22-10-4/h18,24H,7-17H2,1-6H3. The first-order valence-corrected chi connectivity index (χ1v) is 11.2. The lowest BCUT2D eigenvalue weighted by Crippen LogP contribution is -2.32. The van der Waals surface area contributed by atoms with E-state index in [1.54, 1.807) is 0 Å². The first kappa shape index (κ1) is 24.0. The van der Waals surface area contributed by atoms with Crippen LogP contribution in [0.2, 0.25) is 0 Å². The first-order chi connectivity index (χ1) is 11.6. The van der Waals surface area contributed by atoms with E-state index in [-0.39, 0.29) is 0 Å². The van der Waals surface area contributed by atoms with Crippen LogP contribution >= 0.6 is 0 Å². The van der Waals surface area contributed by atoms with Gasteiger partial charge in [-0.05, 0) is 79.2 Å². The van der Waals surface area contributed by atoms with Gasteiger partial charge in [-0.25, -0.2) is 0 Å². The van der Waals surface area contributed by atoms with Gasteiger partial charge in [0.25, 0.3) is 0 Å². The van der Waals surface area contributed by atoms with Crippen LogP contribution in [0.3, 0.4) is 0 Å². The van der Waals surface area contributed by atoms with Crippen molar-refractivity contribution in [2.75, 3.05) is 60.1 Å². The third-order valence-electron chi connectivity index (χ3n) is 3.94. The van der Waals surface area contributed by atoms with E-state index in [0.717, 1.165) is 19.6 Å². The monoisotopic (exact) mass is 362 g/mol. The normalized spacial score (nSPS) is 13.4. The van der Waals surface area contributed by atoms with Crippen LogP contribution in [0.4, 0.5) is 0 Å². The maximum Gasteiger partial charge on any atom is 0.484 e. The third-order valence-corrected chi connectivity index (χ3v) is 5.66. The molecule has 0 saturated heterocycles. The lowest BCUT2D eigenvalue weighted by atomic mass is 10.0. The predicted molar refractivity (Wildman–Crippen MR) is 105 cm³/mol. The van der Waals surface area contributed by atoms with E-state index in [9.17, 15) is 0 Å². The van der Waals surface area contributed by atoms with Gasteiger partial charge in [0, 0.05) is 26.4 Å². The van der Waals surface area contributed by atoms with Crippen LogP contribution in [0.15, 0.2) is 0 Å². The minimum Gasteiger partial charge on any atom is -0.376 e. The molecule has 0 aliphatic heterocycles. The summed E-state index contributed by atoms with van der Waals surface area (Å²) in [6, 6.07) is 0. The molecule has 0 amide bonds. The fourth-order valence-corrected chi connectivity index (χ4v) is 4.09. The smallest absolute Gasteiger partial charge is 0.376 e. The SMILES string of the molecule is CCCN(CCC)CCC(CCO[SiH](OCC)OCC)CN(C)C. The molecule has 6 heteroatoms. The topological polar surface area (TPSA) is 34.2 Å².